The van der Waals surface area contributed by atoms with Gasteiger partial charge in [-0.1, -0.05) is 0 Å². The number of thiophene rings is 1. The molecule has 100 valence electrons. The van der Waals surface area contributed by atoms with E-state index < -0.39 is 6.04 Å². The van der Waals surface area contributed by atoms with Gasteiger partial charge in [-0.3, -0.25) is 9.59 Å². The smallest absolute Gasteiger partial charge is 0.242 e. The summed E-state index contributed by atoms with van der Waals surface area (Å²) in [7, 11) is 0. The lowest BCUT2D eigenvalue weighted by atomic mass is 10.1. The van der Waals surface area contributed by atoms with E-state index in [0.29, 0.717) is 0 Å². The molecule has 0 spiro atoms. The molecule has 1 rings (SSSR count). The predicted molar refractivity (Wildman–Crippen MR) is 73.6 cm³/mol. The molecular formula is C13H20N2O2S. The molecule has 0 fully saturated rings. The van der Waals surface area contributed by atoms with Gasteiger partial charge in [0, 0.05) is 16.7 Å². The van der Waals surface area contributed by atoms with Crippen LogP contribution in [0.15, 0.2) is 6.07 Å². The molecule has 0 saturated carbocycles. The Kier molecular flexibility index (Phi) is 4.90. The lowest BCUT2D eigenvalue weighted by Crippen LogP contribution is -2.44. The summed E-state index contributed by atoms with van der Waals surface area (Å²) in [5.74, 6) is -0.367. The van der Waals surface area contributed by atoms with Gasteiger partial charge in [0.2, 0.25) is 11.8 Å². The lowest BCUT2D eigenvalue weighted by Gasteiger charge is -2.18. The van der Waals surface area contributed by atoms with Crippen molar-refractivity contribution in [2.24, 2.45) is 0 Å². The lowest BCUT2D eigenvalue weighted by molar-refractivity contribution is -0.128. The van der Waals surface area contributed by atoms with E-state index in [9.17, 15) is 9.59 Å². The minimum Gasteiger partial charge on any atom is -0.348 e. The van der Waals surface area contributed by atoms with Gasteiger partial charge in [-0.05, 0) is 39.3 Å². The summed E-state index contributed by atoms with van der Waals surface area (Å²) in [6, 6.07) is 1.54. The highest BCUT2D eigenvalue weighted by atomic mass is 32.1. The first-order valence-corrected chi connectivity index (χ1v) is 6.77. The zero-order chi connectivity index (χ0) is 13.9. The highest BCUT2D eigenvalue weighted by Crippen LogP contribution is 2.26. The van der Waals surface area contributed by atoms with E-state index in [0.717, 1.165) is 5.56 Å². The number of amides is 2. The summed E-state index contributed by atoms with van der Waals surface area (Å²) in [6.45, 7) is 9.13. The molecule has 2 atom stereocenters. The predicted octanol–water partition coefficient (Wildman–Crippen LogP) is 2.07. The standard InChI is InChI=1S/C13H20N2O2S/c1-7-6-12(10(4)18-7)8(2)15-13(17)9(3)14-11(5)16/h6,8-9H,1-5H3,(H,14,16)(H,15,17)/t8-,9-/m1/s1. The summed E-state index contributed by atoms with van der Waals surface area (Å²) in [6.07, 6.45) is 0. The number of aryl methyl sites for hydroxylation is 2. The second kappa shape index (κ2) is 6.00. The van der Waals surface area contributed by atoms with Crippen LogP contribution in [0, 0.1) is 13.8 Å². The summed E-state index contributed by atoms with van der Waals surface area (Å²) < 4.78 is 0. The van der Waals surface area contributed by atoms with Gasteiger partial charge in [0.15, 0.2) is 0 Å². The van der Waals surface area contributed by atoms with E-state index in [4.69, 9.17) is 0 Å². The van der Waals surface area contributed by atoms with Crippen LogP contribution in [-0.2, 0) is 9.59 Å². The van der Waals surface area contributed by atoms with Gasteiger partial charge in [-0.15, -0.1) is 11.3 Å². The molecule has 2 amide bonds. The molecule has 0 unspecified atom stereocenters. The number of rotatable bonds is 4. The Hall–Kier alpha value is -1.36. The maximum Gasteiger partial charge on any atom is 0.242 e. The first kappa shape index (κ1) is 14.7. The van der Waals surface area contributed by atoms with Gasteiger partial charge >= 0.3 is 0 Å². The van der Waals surface area contributed by atoms with Crippen molar-refractivity contribution in [2.75, 3.05) is 0 Å². The quantitative estimate of drug-likeness (QED) is 0.878. The third kappa shape index (κ3) is 3.84. The molecule has 1 aromatic heterocycles. The second-order valence-corrected chi connectivity index (χ2v) is 5.98. The van der Waals surface area contributed by atoms with Gasteiger partial charge in [0.25, 0.3) is 0 Å². The van der Waals surface area contributed by atoms with Crippen molar-refractivity contribution in [1.29, 1.82) is 0 Å². The molecule has 0 aliphatic heterocycles. The SMILES string of the molecule is CC(=O)N[C@H](C)C(=O)N[C@H](C)c1cc(C)sc1C. The van der Waals surface area contributed by atoms with E-state index in [-0.39, 0.29) is 17.9 Å². The minimum absolute atomic E-state index is 0.0429. The number of hydrogen-bond acceptors (Lipinski definition) is 3. The Labute approximate surface area is 112 Å². The third-order valence-corrected chi connectivity index (χ3v) is 3.70. The molecule has 1 aromatic rings. The molecule has 0 saturated heterocycles. The van der Waals surface area contributed by atoms with Crippen LogP contribution in [0.1, 0.15) is 42.1 Å². The molecule has 0 bridgehead atoms. The number of hydrogen-bond donors (Lipinski definition) is 2. The summed E-state index contributed by atoms with van der Waals surface area (Å²) in [5, 5.41) is 5.48. The van der Waals surface area contributed by atoms with E-state index >= 15 is 0 Å². The third-order valence-electron chi connectivity index (χ3n) is 2.72. The topological polar surface area (TPSA) is 58.2 Å². The zero-order valence-electron chi connectivity index (χ0n) is 11.5. The average Bonchev–Trinajstić information content (AvgIpc) is 2.56. The first-order valence-electron chi connectivity index (χ1n) is 5.95. The molecule has 0 aliphatic rings. The highest BCUT2D eigenvalue weighted by molar-refractivity contribution is 7.12. The van der Waals surface area contributed by atoms with Crippen LogP contribution in [0.25, 0.3) is 0 Å². The normalized spacial score (nSPS) is 13.8. The van der Waals surface area contributed by atoms with Crippen LogP contribution in [0.3, 0.4) is 0 Å². The Bertz CT molecular complexity index is 454. The van der Waals surface area contributed by atoms with Crippen molar-refractivity contribution in [3.8, 4) is 0 Å². The van der Waals surface area contributed by atoms with Crippen LogP contribution < -0.4 is 10.6 Å². The van der Waals surface area contributed by atoms with Crippen molar-refractivity contribution in [3.05, 3.63) is 21.4 Å². The summed E-state index contributed by atoms with van der Waals surface area (Å²) >= 11 is 1.72. The minimum atomic E-state index is -0.509. The van der Waals surface area contributed by atoms with Crippen LogP contribution in [-0.4, -0.2) is 17.9 Å². The zero-order valence-corrected chi connectivity index (χ0v) is 12.3. The van der Waals surface area contributed by atoms with Gasteiger partial charge in [0.05, 0.1) is 6.04 Å². The molecule has 0 radical (unpaired) electrons. The fourth-order valence-electron chi connectivity index (χ4n) is 1.87. The van der Waals surface area contributed by atoms with E-state index in [1.54, 1.807) is 18.3 Å². The van der Waals surface area contributed by atoms with Crippen molar-refractivity contribution in [3.63, 3.8) is 0 Å². The monoisotopic (exact) mass is 268 g/mol. The largest absolute Gasteiger partial charge is 0.348 e. The maximum atomic E-state index is 11.9. The van der Waals surface area contributed by atoms with Crippen LogP contribution in [0.2, 0.25) is 0 Å². The van der Waals surface area contributed by atoms with Crippen molar-refractivity contribution >= 4 is 23.2 Å². The molecular weight excluding hydrogens is 248 g/mol. The molecule has 2 N–H and O–H groups in total. The molecule has 18 heavy (non-hydrogen) atoms. The maximum absolute atomic E-state index is 11.9. The van der Waals surface area contributed by atoms with Crippen LogP contribution in [0.5, 0.6) is 0 Å². The van der Waals surface area contributed by atoms with Gasteiger partial charge in [0.1, 0.15) is 6.04 Å². The Morgan fingerprint density at radius 1 is 1.22 bits per heavy atom. The van der Waals surface area contributed by atoms with Crippen molar-refractivity contribution in [2.45, 2.75) is 46.7 Å². The number of carbonyl (C=O) groups is 2. The summed E-state index contributed by atoms with van der Waals surface area (Å²) in [5.41, 5.74) is 1.14. The fourth-order valence-corrected chi connectivity index (χ4v) is 2.89. The number of nitrogens with one attached hydrogen (secondary N) is 2. The fraction of sp³-hybridized carbons (Fsp3) is 0.538. The Balaban J connectivity index is 2.64. The van der Waals surface area contributed by atoms with Crippen LogP contribution in [0.4, 0.5) is 0 Å². The van der Waals surface area contributed by atoms with Crippen LogP contribution >= 0.6 is 11.3 Å². The Morgan fingerprint density at radius 3 is 2.28 bits per heavy atom. The number of carbonyl (C=O) groups excluding carboxylic acids is 2. The first-order chi connectivity index (χ1) is 8.31. The van der Waals surface area contributed by atoms with Crippen molar-refractivity contribution in [1.82, 2.24) is 10.6 Å². The van der Waals surface area contributed by atoms with Gasteiger partial charge < -0.3 is 10.6 Å². The van der Waals surface area contributed by atoms with Gasteiger partial charge in [-0.2, -0.15) is 0 Å². The summed E-state index contributed by atoms with van der Waals surface area (Å²) in [4.78, 5) is 25.2. The average molecular weight is 268 g/mol. The molecule has 5 heteroatoms. The molecule has 0 aromatic carbocycles. The van der Waals surface area contributed by atoms with E-state index in [1.807, 2.05) is 13.8 Å². The highest BCUT2D eigenvalue weighted by Gasteiger charge is 2.18. The Morgan fingerprint density at radius 2 is 1.83 bits per heavy atom. The molecule has 0 aliphatic carbocycles. The second-order valence-electron chi connectivity index (χ2n) is 4.52. The molecule has 1 heterocycles. The van der Waals surface area contributed by atoms with Crippen molar-refractivity contribution < 1.29 is 9.59 Å². The molecule has 4 nitrogen and oxygen atoms in total. The van der Waals surface area contributed by atoms with E-state index in [2.05, 4.69) is 23.6 Å². The van der Waals surface area contributed by atoms with Gasteiger partial charge in [-0.25, -0.2) is 0 Å². The van der Waals surface area contributed by atoms with E-state index in [1.165, 1.54) is 16.7 Å².